The van der Waals surface area contributed by atoms with Gasteiger partial charge in [-0.3, -0.25) is 5.73 Å². The van der Waals surface area contributed by atoms with Crippen molar-refractivity contribution in [1.82, 2.24) is 0 Å². The molecule has 0 amide bonds. The van der Waals surface area contributed by atoms with Crippen LogP contribution in [0.15, 0.2) is 0 Å². The van der Waals surface area contributed by atoms with Gasteiger partial charge in [0.2, 0.25) is 5.91 Å². The quantitative estimate of drug-likeness (QED) is 0.132. The highest BCUT2D eigenvalue weighted by molar-refractivity contribution is 4.72. The molecule has 31 heavy (non-hydrogen) atoms. The molecule has 0 aliphatic rings. The van der Waals surface area contributed by atoms with E-state index < -0.39 is 18.1 Å². The lowest BCUT2D eigenvalue weighted by molar-refractivity contribution is -0.285. The van der Waals surface area contributed by atoms with Crippen molar-refractivity contribution in [2.75, 3.05) is 0 Å². The molecular formula is C26H55NO4. The molecule has 5 heteroatoms. The maximum atomic E-state index is 9.78. The van der Waals surface area contributed by atoms with Gasteiger partial charge in [0.15, 0.2) is 0 Å². The molecular weight excluding hydrogens is 390 g/mol. The van der Waals surface area contributed by atoms with E-state index in [9.17, 15) is 10.2 Å². The third kappa shape index (κ3) is 18.0. The van der Waals surface area contributed by atoms with E-state index in [1.54, 1.807) is 13.8 Å². The summed E-state index contributed by atoms with van der Waals surface area (Å²) in [6.07, 6.45) is 16.2. The predicted molar refractivity (Wildman–Crippen MR) is 131 cm³/mol. The second-order valence-electron chi connectivity index (χ2n) is 9.56. The summed E-state index contributed by atoms with van der Waals surface area (Å²) in [4.78, 5) is 0. The molecule has 0 fully saturated rings. The summed E-state index contributed by atoms with van der Waals surface area (Å²) in [5.74, 6) is -1.16. The predicted octanol–water partition coefficient (Wildman–Crippen LogP) is 6.43. The van der Waals surface area contributed by atoms with E-state index >= 15 is 0 Å². The number of rotatable bonds is 22. The SMILES string of the molecule is CCCCCCCCCCCCCC(N)(OC(CC)CC(C)O)OC(CC)CC(C)O. The van der Waals surface area contributed by atoms with Gasteiger partial charge in [-0.1, -0.05) is 85.0 Å². The number of unbranched alkanes of at least 4 members (excludes halogenated alkanes) is 10. The van der Waals surface area contributed by atoms with Crippen LogP contribution in [0.1, 0.15) is 137 Å². The van der Waals surface area contributed by atoms with E-state index in [1.165, 1.54) is 57.8 Å². The first-order valence-electron chi connectivity index (χ1n) is 13.3. The molecule has 4 unspecified atom stereocenters. The van der Waals surface area contributed by atoms with Gasteiger partial charge < -0.3 is 19.7 Å². The highest BCUT2D eigenvalue weighted by Gasteiger charge is 2.33. The molecule has 0 aromatic carbocycles. The van der Waals surface area contributed by atoms with Crippen LogP contribution in [0.2, 0.25) is 0 Å². The molecule has 4 atom stereocenters. The van der Waals surface area contributed by atoms with Gasteiger partial charge in [0.05, 0.1) is 24.4 Å². The summed E-state index contributed by atoms with van der Waals surface area (Å²) in [6, 6.07) is 0. The summed E-state index contributed by atoms with van der Waals surface area (Å²) in [5, 5.41) is 19.6. The van der Waals surface area contributed by atoms with Gasteiger partial charge in [0.25, 0.3) is 0 Å². The molecule has 188 valence electrons. The Kier molecular flexibility index (Phi) is 19.2. The minimum Gasteiger partial charge on any atom is -0.393 e. The average Bonchev–Trinajstić information content (AvgIpc) is 2.70. The molecule has 0 saturated carbocycles. The number of aliphatic hydroxyl groups is 2. The minimum absolute atomic E-state index is 0.137. The van der Waals surface area contributed by atoms with E-state index in [-0.39, 0.29) is 12.2 Å². The average molecular weight is 446 g/mol. The number of hydrogen-bond donors (Lipinski definition) is 3. The first-order chi connectivity index (χ1) is 14.8. The Labute approximate surface area is 193 Å². The van der Waals surface area contributed by atoms with Crippen LogP contribution in [-0.4, -0.2) is 40.5 Å². The molecule has 0 heterocycles. The smallest absolute Gasteiger partial charge is 0.225 e. The Bertz CT molecular complexity index is 370. The van der Waals surface area contributed by atoms with Crippen molar-refractivity contribution in [1.29, 1.82) is 0 Å². The highest BCUT2D eigenvalue weighted by Crippen LogP contribution is 2.25. The largest absolute Gasteiger partial charge is 0.393 e. The summed E-state index contributed by atoms with van der Waals surface area (Å²) < 4.78 is 12.4. The molecule has 0 spiro atoms. The van der Waals surface area contributed by atoms with Crippen molar-refractivity contribution in [3.8, 4) is 0 Å². The van der Waals surface area contributed by atoms with E-state index in [1.807, 2.05) is 13.8 Å². The Morgan fingerprint density at radius 3 is 1.32 bits per heavy atom. The molecule has 0 aromatic heterocycles. The Morgan fingerprint density at radius 1 is 0.645 bits per heavy atom. The standard InChI is InChI=1S/C26H55NO4/c1-6-9-10-11-12-13-14-15-16-17-18-19-26(27,30-24(7-2)20-22(4)28)31-25(8-3)21-23(5)29/h22-25,28-29H,6-21,27H2,1-5H3. The number of hydrogen-bond acceptors (Lipinski definition) is 5. The Morgan fingerprint density at radius 2 is 1.00 bits per heavy atom. The van der Waals surface area contributed by atoms with Gasteiger partial charge in [-0.25, -0.2) is 0 Å². The molecule has 0 radical (unpaired) electrons. The van der Waals surface area contributed by atoms with Crippen molar-refractivity contribution < 1.29 is 19.7 Å². The monoisotopic (exact) mass is 445 g/mol. The van der Waals surface area contributed by atoms with Gasteiger partial charge in [-0.05, 0) is 46.0 Å². The van der Waals surface area contributed by atoms with Gasteiger partial charge in [0, 0.05) is 6.42 Å². The number of aliphatic hydroxyl groups excluding tert-OH is 2. The van der Waals surface area contributed by atoms with Crippen molar-refractivity contribution >= 4 is 0 Å². The third-order valence-electron chi connectivity index (χ3n) is 5.98. The second kappa shape index (κ2) is 19.3. The van der Waals surface area contributed by atoms with Crippen molar-refractivity contribution in [3.05, 3.63) is 0 Å². The van der Waals surface area contributed by atoms with Crippen molar-refractivity contribution in [2.24, 2.45) is 5.73 Å². The summed E-state index contributed by atoms with van der Waals surface area (Å²) in [7, 11) is 0. The first-order valence-corrected chi connectivity index (χ1v) is 13.3. The molecule has 0 aliphatic carbocycles. The lowest BCUT2D eigenvalue weighted by Crippen LogP contribution is -2.51. The summed E-state index contributed by atoms with van der Waals surface area (Å²) in [6.45, 7) is 9.90. The fourth-order valence-corrected chi connectivity index (χ4v) is 4.10. The van der Waals surface area contributed by atoms with Crippen LogP contribution in [0.4, 0.5) is 0 Å². The third-order valence-corrected chi connectivity index (χ3v) is 5.98. The molecule has 0 rings (SSSR count). The highest BCUT2D eigenvalue weighted by atomic mass is 16.7. The molecule has 0 saturated heterocycles. The zero-order valence-electron chi connectivity index (χ0n) is 21.4. The zero-order valence-corrected chi connectivity index (χ0v) is 21.4. The first kappa shape index (κ1) is 30.8. The van der Waals surface area contributed by atoms with Crippen LogP contribution < -0.4 is 5.73 Å². The van der Waals surface area contributed by atoms with Crippen LogP contribution in [0, 0.1) is 0 Å². The molecule has 0 bridgehead atoms. The lowest BCUT2D eigenvalue weighted by atomic mass is 10.0. The maximum Gasteiger partial charge on any atom is 0.225 e. The van der Waals surface area contributed by atoms with Crippen LogP contribution in [0.25, 0.3) is 0 Å². The van der Waals surface area contributed by atoms with Gasteiger partial charge in [-0.15, -0.1) is 0 Å². The van der Waals surface area contributed by atoms with Gasteiger partial charge in [-0.2, -0.15) is 0 Å². The topological polar surface area (TPSA) is 84.9 Å². The maximum absolute atomic E-state index is 9.78. The molecule has 4 N–H and O–H groups in total. The fourth-order valence-electron chi connectivity index (χ4n) is 4.10. The van der Waals surface area contributed by atoms with E-state index in [4.69, 9.17) is 15.2 Å². The van der Waals surface area contributed by atoms with Crippen LogP contribution in [0.5, 0.6) is 0 Å². The molecule has 5 nitrogen and oxygen atoms in total. The van der Waals surface area contributed by atoms with Crippen LogP contribution in [-0.2, 0) is 9.47 Å². The second-order valence-corrected chi connectivity index (χ2v) is 9.56. The number of nitrogens with two attached hydrogens (primary N) is 1. The minimum atomic E-state index is -1.16. The van der Waals surface area contributed by atoms with Crippen molar-refractivity contribution in [2.45, 2.75) is 168 Å². The van der Waals surface area contributed by atoms with Crippen molar-refractivity contribution in [3.63, 3.8) is 0 Å². The Balaban J connectivity index is 4.46. The van der Waals surface area contributed by atoms with Crippen LogP contribution in [0.3, 0.4) is 0 Å². The summed E-state index contributed by atoms with van der Waals surface area (Å²) >= 11 is 0. The van der Waals surface area contributed by atoms with E-state index in [2.05, 4.69) is 6.92 Å². The Hall–Kier alpha value is -0.200. The van der Waals surface area contributed by atoms with Gasteiger partial charge in [0.1, 0.15) is 0 Å². The fraction of sp³-hybridized carbons (Fsp3) is 1.00. The number of ether oxygens (including phenoxy) is 2. The van der Waals surface area contributed by atoms with Crippen LogP contribution >= 0.6 is 0 Å². The zero-order chi connectivity index (χ0) is 23.5. The molecule has 0 aromatic rings. The summed E-state index contributed by atoms with van der Waals surface area (Å²) in [5.41, 5.74) is 6.62. The normalized spacial score (nSPS) is 17.8. The molecule has 0 aliphatic heterocycles. The van der Waals surface area contributed by atoms with E-state index in [0.29, 0.717) is 19.3 Å². The van der Waals surface area contributed by atoms with E-state index in [0.717, 1.165) is 25.7 Å². The lowest BCUT2D eigenvalue weighted by Gasteiger charge is -2.37. The van der Waals surface area contributed by atoms with Gasteiger partial charge >= 0.3 is 0 Å².